The summed E-state index contributed by atoms with van der Waals surface area (Å²) in [5.74, 6) is 2.47. The van der Waals surface area contributed by atoms with Crippen LogP contribution in [0.15, 0.2) is 59.1 Å². The van der Waals surface area contributed by atoms with Gasteiger partial charge in [0, 0.05) is 18.0 Å². The molecule has 3 unspecified atom stereocenters. The topological polar surface area (TPSA) is 68.5 Å². The van der Waals surface area contributed by atoms with Gasteiger partial charge in [0.05, 0.1) is 7.11 Å². The van der Waals surface area contributed by atoms with Gasteiger partial charge in [-0.3, -0.25) is 4.79 Å². The summed E-state index contributed by atoms with van der Waals surface area (Å²) in [5.41, 5.74) is 2.12. The van der Waals surface area contributed by atoms with Crippen LogP contribution in [0.3, 0.4) is 0 Å². The van der Waals surface area contributed by atoms with Gasteiger partial charge in [-0.1, -0.05) is 35.5 Å². The lowest BCUT2D eigenvalue weighted by molar-refractivity contribution is -0.137. The number of hydrogen-bond donors (Lipinski definition) is 0. The third kappa shape index (κ3) is 3.58. The molecule has 1 saturated carbocycles. The molecule has 2 aromatic carbocycles. The van der Waals surface area contributed by atoms with Crippen molar-refractivity contribution in [2.75, 3.05) is 13.7 Å². The summed E-state index contributed by atoms with van der Waals surface area (Å²) in [6, 6.07) is 17.8. The minimum absolute atomic E-state index is 0.0666. The summed E-state index contributed by atoms with van der Waals surface area (Å²) in [5, 5.41) is 4.17. The molecule has 5 rings (SSSR count). The molecule has 1 aromatic heterocycles. The fourth-order valence-electron chi connectivity index (χ4n) is 4.43. The Labute approximate surface area is 175 Å². The van der Waals surface area contributed by atoms with E-state index in [1.807, 2.05) is 47.4 Å². The van der Waals surface area contributed by atoms with E-state index in [0.717, 1.165) is 43.5 Å². The second kappa shape index (κ2) is 7.94. The van der Waals surface area contributed by atoms with Gasteiger partial charge in [-0.2, -0.15) is 4.98 Å². The summed E-state index contributed by atoms with van der Waals surface area (Å²) in [6.45, 7) is 0.752. The summed E-state index contributed by atoms with van der Waals surface area (Å²) >= 11 is 0. The highest BCUT2D eigenvalue weighted by Gasteiger charge is 2.47. The van der Waals surface area contributed by atoms with Crippen molar-refractivity contribution in [3.63, 3.8) is 0 Å². The van der Waals surface area contributed by atoms with Gasteiger partial charge in [-0.05, 0) is 61.4 Å². The SMILES string of the molecule is COc1ccc(-c2noc(C3CCCCN3C(=O)C3CC3c3ccccc3)n2)cc1. The van der Waals surface area contributed by atoms with Gasteiger partial charge in [0.1, 0.15) is 11.8 Å². The van der Waals surface area contributed by atoms with E-state index >= 15 is 0 Å². The Morgan fingerprint density at radius 2 is 1.90 bits per heavy atom. The number of amides is 1. The Morgan fingerprint density at radius 3 is 2.67 bits per heavy atom. The van der Waals surface area contributed by atoms with Gasteiger partial charge < -0.3 is 14.2 Å². The number of methoxy groups -OCH3 is 1. The van der Waals surface area contributed by atoms with Crippen LogP contribution in [-0.2, 0) is 4.79 Å². The Bertz CT molecular complexity index is 1020. The average molecular weight is 403 g/mol. The molecule has 2 heterocycles. The smallest absolute Gasteiger partial charge is 0.249 e. The Hall–Kier alpha value is -3.15. The molecule has 154 valence electrons. The number of piperidine rings is 1. The van der Waals surface area contributed by atoms with Gasteiger partial charge in [0.2, 0.25) is 17.6 Å². The van der Waals surface area contributed by atoms with E-state index in [4.69, 9.17) is 9.26 Å². The van der Waals surface area contributed by atoms with E-state index in [1.54, 1.807) is 7.11 Å². The molecule has 1 saturated heterocycles. The fourth-order valence-corrected chi connectivity index (χ4v) is 4.43. The molecular weight excluding hydrogens is 378 g/mol. The first kappa shape index (κ1) is 18.9. The van der Waals surface area contributed by atoms with Crippen LogP contribution < -0.4 is 4.74 Å². The van der Waals surface area contributed by atoms with Crippen molar-refractivity contribution in [3.05, 3.63) is 66.1 Å². The highest BCUT2D eigenvalue weighted by atomic mass is 16.5. The van der Waals surface area contributed by atoms with Crippen molar-refractivity contribution in [2.24, 2.45) is 5.92 Å². The van der Waals surface area contributed by atoms with Crippen LogP contribution in [0.5, 0.6) is 5.75 Å². The second-order valence-electron chi connectivity index (χ2n) is 8.09. The van der Waals surface area contributed by atoms with E-state index in [0.29, 0.717) is 17.6 Å². The highest BCUT2D eigenvalue weighted by molar-refractivity contribution is 5.83. The molecule has 0 spiro atoms. The van der Waals surface area contributed by atoms with Gasteiger partial charge in [-0.15, -0.1) is 0 Å². The van der Waals surface area contributed by atoms with E-state index in [1.165, 1.54) is 5.56 Å². The summed E-state index contributed by atoms with van der Waals surface area (Å²) < 4.78 is 10.8. The van der Waals surface area contributed by atoms with Crippen LogP contribution in [0.25, 0.3) is 11.4 Å². The zero-order valence-electron chi connectivity index (χ0n) is 17.0. The standard InChI is InChI=1S/C24H25N3O3/c1-29-18-12-10-17(11-13-18)22-25-23(30-26-22)21-9-5-6-14-27(21)24(28)20-15-19(20)16-7-3-2-4-8-16/h2-4,7-8,10-13,19-21H,5-6,9,14-15H2,1H3. The average Bonchev–Trinajstić information content (AvgIpc) is 3.47. The Morgan fingerprint density at radius 1 is 1.10 bits per heavy atom. The fraction of sp³-hybridized carbons (Fsp3) is 0.375. The molecule has 0 radical (unpaired) electrons. The summed E-state index contributed by atoms with van der Waals surface area (Å²) in [4.78, 5) is 19.9. The second-order valence-corrected chi connectivity index (χ2v) is 8.09. The number of ether oxygens (including phenoxy) is 1. The van der Waals surface area contributed by atoms with E-state index in [9.17, 15) is 4.79 Å². The minimum Gasteiger partial charge on any atom is -0.497 e. The normalized spacial score (nSPS) is 23.2. The molecule has 1 aliphatic carbocycles. The maximum absolute atomic E-state index is 13.3. The van der Waals surface area contributed by atoms with Crippen LogP contribution in [0, 0.1) is 5.92 Å². The van der Waals surface area contributed by atoms with Gasteiger partial charge in [0.25, 0.3) is 0 Å². The number of hydrogen-bond acceptors (Lipinski definition) is 5. The van der Waals surface area contributed by atoms with Crippen LogP contribution in [0.2, 0.25) is 0 Å². The largest absolute Gasteiger partial charge is 0.497 e. The number of rotatable bonds is 5. The van der Waals surface area contributed by atoms with E-state index < -0.39 is 0 Å². The number of nitrogens with zero attached hydrogens (tertiary/aromatic N) is 3. The minimum atomic E-state index is -0.136. The molecule has 2 aliphatic rings. The number of carbonyl (C=O) groups excluding carboxylic acids is 1. The van der Waals surface area contributed by atoms with E-state index in [-0.39, 0.29) is 17.9 Å². The molecule has 0 N–H and O–H groups in total. The first-order valence-corrected chi connectivity index (χ1v) is 10.6. The molecule has 6 heteroatoms. The number of aromatic nitrogens is 2. The van der Waals surface area contributed by atoms with Crippen LogP contribution in [0.1, 0.15) is 49.1 Å². The summed E-state index contributed by atoms with van der Waals surface area (Å²) in [6.07, 6.45) is 3.86. The maximum Gasteiger partial charge on any atom is 0.249 e. The molecule has 1 aliphatic heterocycles. The molecular formula is C24H25N3O3. The molecule has 3 atom stereocenters. The molecule has 2 fully saturated rings. The number of likely N-dealkylation sites (tertiary alicyclic amines) is 1. The lowest BCUT2D eigenvalue weighted by Gasteiger charge is -2.33. The van der Waals surface area contributed by atoms with Crippen molar-refractivity contribution in [1.29, 1.82) is 0 Å². The highest BCUT2D eigenvalue weighted by Crippen LogP contribution is 2.49. The van der Waals surface area contributed by atoms with Gasteiger partial charge in [-0.25, -0.2) is 0 Å². The molecule has 0 bridgehead atoms. The van der Waals surface area contributed by atoms with Crippen molar-refractivity contribution in [3.8, 4) is 17.1 Å². The lowest BCUT2D eigenvalue weighted by atomic mass is 10.0. The zero-order chi connectivity index (χ0) is 20.5. The quantitative estimate of drug-likeness (QED) is 0.623. The van der Waals surface area contributed by atoms with Crippen molar-refractivity contribution in [1.82, 2.24) is 15.0 Å². The van der Waals surface area contributed by atoms with Crippen molar-refractivity contribution in [2.45, 2.75) is 37.6 Å². The lowest BCUT2D eigenvalue weighted by Crippen LogP contribution is -2.39. The first-order chi connectivity index (χ1) is 14.7. The van der Waals surface area contributed by atoms with Gasteiger partial charge in [0.15, 0.2) is 0 Å². The van der Waals surface area contributed by atoms with Gasteiger partial charge >= 0.3 is 0 Å². The number of carbonyl (C=O) groups is 1. The third-order valence-electron chi connectivity index (χ3n) is 6.20. The van der Waals surface area contributed by atoms with Crippen LogP contribution in [-0.4, -0.2) is 34.6 Å². The Balaban J connectivity index is 1.33. The third-order valence-corrected chi connectivity index (χ3v) is 6.20. The Kier molecular flexibility index (Phi) is 4.99. The molecule has 3 aromatic rings. The zero-order valence-corrected chi connectivity index (χ0v) is 17.0. The van der Waals surface area contributed by atoms with E-state index in [2.05, 4.69) is 22.3 Å². The predicted molar refractivity (Wildman–Crippen MR) is 112 cm³/mol. The molecule has 30 heavy (non-hydrogen) atoms. The molecule has 1 amide bonds. The maximum atomic E-state index is 13.3. The van der Waals surface area contributed by atoms with Crippen LogP contribution in [0.4, 0.5) is 0 Å². The predicted octanol–water partition coefficient (Wildman–Crippen LogP) is 4.60. The molecule has 6 nitrogen and oxygen atoms in total. The van der Waals surface area contributed by atoms with Crippen LogP contribution >= 0.6 is 0 Å². The van der Waals surface area contributed by atoms with Crippen molar-refractivity contribution < 1.29 is 14.1 Å². The monoisotopic (exact) mass is 403 g/mol. The number of benzene rings is 2. The first-order valence-electron chi connectivity index (χ1n) is 10.6. The van der Waals surface area contributed by atoms with Crippen molar-refractivity contribution >= 4 is 5.91 Å². The summed E-state index contributed by atoms with van der Waals surface area (Å²) in [7, 11) is 1.64.